The van der Waals surface area contributed by atoms with E-state index in [2.05, 4.69) is 10.5 Å². The molecule has 5 nitrogen and oxygen atoms in total. The van der Waals surface area contributed by atoms with E-state index in [9.17, 15) is 9.90 Å². The Hall–Kier alpha value is -2.53. The maximum absolute atomic E-state index is 11.7. The van der Waals surface area contributed by atoms with Crippen LogP contribution in [0, 0.1) is 13.8 Å². The van der Waals surface area contributed by atoms with E-state index in [1.165, 1.54) is 6.21 Å². The molecular weight excluding hydrogens is 316 g/mol. The number of hydrogen-bond acceptors (Lipinski definition) is 4. The molecule has 0 fully saturated rings. The van der Waals surface area contributed by atoms with Crippen molar-refractivity contribution >= 4 is 23.7 Å². The van der Waals surface area contributed by atoms with Gasteiger partial charge in [-0.05, 0) is 49.7 Å². The summed E-state index contributed by atoms with van der Waals surface area (Å²) in [6, 6.07) is 10.3. The van der Waals surface area contributed by atoms with Crippen LogP contribution in [-0.2, 0) is 4.79 Å². The van der Waals surface area contributed by atoms with E-state index in [1.807, 2.05) is 13.8 Å². The topological polar surface area (TPSA) is 70.9 Å². The lowest BCUT2D eigenvalue weighted by atomic mass is 10.1. The molecule has 2 aromatic rings. The molecule has 0 aromatic heterocycles. The first kappa shape index (κ1) is 16.8. The molecule has 0 saturated carbocycles. The number of carbonyl (C=O) groups excluding carboxylic acids is 1. The van der Waals surface area contributed by atoms with Gasteiger partial charge >= 0.3 is 0 Å². The number of hydrazone groups is 1. The third kappa shape index (κ3) is 5.00. The molecule has 2 aromatic carbocycles. The van der Waals surface area contributed by atoms with Gasteiger partial charge in [-0.15, -0.1) is 0 Å². The summed E-state index contributed by atoms with van der Waals surface area (Å²) < 4.78 is 5.36. The molecule has 0 saturated heterocycles. The highest BCUT2D eigenvalue weighted by molar-refractivity contribution is 6.31. The van der Waals surface area contributed by atoms with Gasteiger partial charge in [-0.25, -0.2) is 5.43 Å². The third-order valence-electron chi connectivity index (χ3n) is 3.08. The average Bonchev–Trinajstić information content (AvgIpc) is 2.52. The predicted molar refractivity (Wildman–Crippen MR) is 90.3 cm³/mol. The summed E-state index contributed by atoms with van der Waals surface area (Å²) in [5.74, 6) is 0.254. The predicted octanol–water partition coefficient (Wildman–Crippen LogP) is 3.19. The molecule has 0 atom stereocenters. The van der Waals surface area contributed by atoms with Crippen molar-refractivity contribution in [2.45, 2.75) is 13.8 Å². The summed E-state index contributed by atoms with van der Waals surface area (Å²) in [7, 11) is 0. The zero-order chi connectivity index (χ0) is 16.8. The minimum absolute atomic E-state index is 0.0986. The number of ether oxygens (including phenoxy) is 1. The number of aromatic hydroxyl groups is 1. The van der Waals surface area contributed by atoms with Crippen LogP contribution < -0.4 is 10.2 Å². The van der Waals surface area contributed by atoms with Crippen LogP contribution in [0.2, 0.25) is 5.02 Å². The van der Waals surface area contributed by atoms with Crippen molar-refractivity contribution in [1.29, 1.82) is 0 Å². The molecule has 0 aliphatic heterocycles. The summed E-state index contributed by atoms with van der Waals surface area (Å²) >= 11 is 5.92. The number of nitrogens with zero attached hydrogens (tertiary/aromatic N) is 1. The summed E-state index contributed by atoms with van der Waals surface area (Å²) in [6.45, 7) is 3.59. The number of carbonyl (C=O) groups is 1. The highest BCUT2D eigenvalue weighted by Crippen LogP contribution is 2.20. The second-order valence-electron chi connectivity index (χ2n) is 5.06. The van der Waals surface area contributed by atoms with Crippen LogP contribution in [-0.4, -0.2) is 23.8 Å². The molecule has 6 heteroatoms. The van der Waals surface area contributed by atoms with Crippen LogP contribution in [0.3, 0.4) is 0 Å². The first-order valence-corrected chi connectivity index (χ1v) is 7.34. The number of benzene rings is 2. The van der Waals surface area contributed by atoms with Crippen molar-refractivity contribution < 1.29 is 14.6 Å². The lowest BCUT2D eigenvalue weighted by molar-refractivity contribution is -0.123. The number of amides is 1. The minimum atomic E-state index is -0.402. The Kier molecular flexibility index (Phi) is 5.60. The maximum atomic E-state index is 11.7. The molecule has 120 valence electrons. The summed E-state index contributed by atoms with van der Waals surface area (Å²) in [6.07, 6.45) is 1.38. The molecule has 23 heavy (non-hydrogen) atoms. The highest BCUT2D eigenvalue weighted by Gasteiger charge is 2.03. The lowest BCUT2D eigenvalue weighted by Gasteiger charge is -2.06. The molecule has 1 amide bonds. The van der Waals surface area contributed by atoms with Gasteiger partial charge in [0.15, 0.2) is 6.61 Å². The first-order chi connectivity index (χ1) is 11.0. The molecule has 2 rings (SSSR count). The molecule has 0 unspecified atom stereocenters. The fourth-order valence-electron chi connectivity index (χ4n) is 1.84. The number of halogens is 1. The van der Waals surface area contributed by atoms with Crippen molar-refractivity contribution in [2.24, 2.45) is 5.10 Å². The Labute approximate surface area is 139 Å². The van der Waals surface area contributed by atoms with E-state index in [0.29, 0.717) is 16.3 Å². The number of phenols is 1. The monoisotopic (exact) mass is 332 g/mol. The van der Waals surface area contributed by atoms with Gasteiger partial charge in [-0.3, -0.25) is 4.79 Å². The van der Waals surface area contributed by atoms with Gasteiger partial charge in [0, 0.05) is 10.6 Å². The Morgan fingerprint density at radius 3 is 2.83 bits per heavy atom. The largest absolute Gasteiger partial charge is 0.507 e. The first-order valence-electron chi connectivity index (χ1n) is 6.96. The van der Waals surface area contributed by atoms with Crippen molar-refractivity contribution in [3.8, 4) is 11.5 Å². The lowest BCUT2D eigenvalue weighted by Crippen LogP contribution is -2.24. The van der Waals surface area contributed by atoms with Crippen molar-refractivity contribution in [1.82, 2.24) is 5.43 Å². The van der Waals surface area contributed by atoms with E-state index in [0.717, 1.165) is 11.1 Å². The van der Waals surface area contributed by atoms with Gasteiger partial charge in [0.25, 0.3) is 5.91 Å². The van der Waals surface area contributed by atoms with Crippen molar-refractivity contribution in [3.63, 3.8) is 0 Å². The highest BCUT2D eigenvalue weighted by atomic mass is 35.5. The molecular formula is C17H17ClN2O3. The van der Waals surface area contributed by atoms with Gasteiger partial charge in [0.1, 0.15) is 11.5 Å². The van der Waals surface area contributed by atoms with E-state index in [4.69, 9.17) is 16.3 Å². The number of nitrogens with one attached hydrogen (secondary N) is 1. The maximum Gasteiger partial charge on any atom is 0.277 e. The molecule has 0 radical (unpaired) electrons. The van der Waals surface area contributed by atoms with Crippen LogP contribution in [0.4, 0.5) is 0 Å². The second-order valence-corrected chi connectivity index (χ2v) is 5.46. The van der Waals surface area contributed by atoms with Crippen LogP contribution in [0.25, 0.3) is 0 Å². The number of hydrogen-bond donors (Lipinski definition) is 2. The molecule has 0 aliphatic rings. The SMILES string of the molecule is Cc1ccc(O)c(/C=N/NC(=O)COc2ccc(Cl)c(C)c2)c1. The molecule has 2 N–H and O–H groups in total. The van der Waals surface area contributed by atoms with Gasteiger partial charge in [-0.1, -0.05) is 23.2 Å². The molecule has 0 heterocycles. The summed E-state index contributed by atoms with van der Waals surface area (Å²) in [4.78, 5) is 11.7. The fraction of sp³-hybridized carbons (Fsp3) is 0.176. The van der Waals surface area contributed by atoms with E-state index in [-0.39, 0.29) is 12.4 Å². The van der Waals surface area contributed by atoms with E-state index < -0.39 is 5.91 Å². The average molecular weight is 333 g/mol. The standard InChI is InChI=1S/C17H17ClN2O3/c1-11-3-6-16(21)13(7-11)9-19-20-17(22)10-23-14-4-5-15(18)12(2)8-14/h3-9,21H,10H2,1-2H3,(H,20,22)/b19-9+. The normalized spacial score (nSPS) is 10.7. The minimum Gasteiger partial charge on any atom is -0.507 e. The second kappa shape index (κ2) is 7.65. The summed E-state index contributed by atoms with van der Waals surface area (Å²) in [5, 5.41) is 14.1. The van der Waals surface area contributed by atoms with Crippen LogP contribution in [0.15, 0.2) is 41.5 Å². The molecule has 0 spiro atoms. The zero-order valence-electron chi connectivity index (χ0n) is 12.8. The quantitative estimate of drug-likeness (QED) is 0.652. The van der Waals surface area contributed by atoms with E-state index in [1.54, 1.807) is 36.4 Å². The third-order valence-corrected chi connectivity index (χ3v) is 3.50. The van der Waals surface area contributed by atoms with Gasteiger partial charge < -0.3 is 9.84 Å². The van der Waals surface area contributed by atoms with Crippen LogP contribution in [0.5, 0.6) is 11.5 Å². The molecule has 0 bridgehead atoms. The Bertz CT molecular complexity index is 745. The Balaban J connectivity index is 1.86. The summed E-state index contributed by atoms with van der Waals surface area (Å²) in [5.41, 5.74) is 4.73. The van der Waals surface area contributed by atoms with Crippen molar-refractivity contribution in [3.05, 3.63) is 58.1 Å². The number of phenolic OH excluding ortho intramolecular Hbond substituents is 1. The van der Waals surface area contributed by atoms with E-state index >= 15 is 0 Å². The zero-order valence-corrected chi connectivity index (χ0v) is 13.6. The molecule has 0 aliphatic carbocycles. The van der Waals surface area contributed by atoms with Crippen molar-refractivity contribution in [2.75, 3.05) is 6.61 Å². The van der Waals surface area contributed by atoms with Gasteiger partial charge in [0.2, 0.25) is 0 Å². The van der Waals surface area contributed by atoms with Crippen LogP contribution in [0.1, 0.15) is 16.7 Å². The Morgan fingerprint density at radius 2 is 2.09 bits per heavy atom. The Morgan fingerprint density at radius 1 is 1.30 bits per heavy atom. The van der Waals surface area contributed by atoms with Gasteiger partial charge in [0.05, 0.1) is 6.21 Å². The fourth-order valence-corrected chi connectivity index (χ4v) is 1.96. The van der Waals surface area contributed by atoms with Gasteiger partial charge in [-0.2, -0.15) is 5.10 Å². The number of rotatable bonds is 5. The number of aryl methyl sites for hydroxylation is 2. The smallest absolute Gasteiger partial charge is 0.277 e. The van der Waals surface area contributed by atoms with Crippen LogP contribution >= 0.6 is 11.6 Å².